The average Bonchev–Trinajstić information content (AvgIpc) is 2.13. The summed E-state index contributed by atoms with van der Waals surface area (Å²) in [7, 11) is -3.62. The largest absolute Gasteiger partial charge is 0.241 e. The molecule has 1 rings (SSSR count). The Morgan fingerprint density at radius 1 is 1.22 bits per heavy atom. The van der Waals surface area contributed by atoms with Gasteiger partial charge in [-0.1, -0.05) is 6.92 Å². The third-order valence-corrected chi connectivity index (χ3v) is 4.99. The number of hydrogen-bond donors (Lipinski definition) is 1. The minimum Gasteiger partial charge on any atom is -0.207 e. The highest BCUT2D eigenvalue weighted by molar-refractivity contribution is 7.89. The van der Waals surface area contributed by atoms with Crippen LogP contribution in [0.15, 0.2) is 17.0 Å². The van der Waals surface area contributed by atoms with Gasteiger partial charge in [-0.05, 0) is 57.4 Å². The topological polar surface area (TPSA) is 46.2 Å². The number of rotatable bonds is 4. The first-order valence-corrected chi connectivity index (χ1v) is 7.38. The lowest BCUT2D eigenvalue weighted by Gasteiger charge is -2.25. The standard InChI is InChI=1S/C13H20FNO2S/c1-6-13(4,5)15-18(16,17)12-9(2)7-11(14)8-10(12)3/h7-8,15H,6H2,1-5H3. The van der Waals surface area contributed by atoms with E-state index in [4.69, 9.17) is 0 Å². The maximum absolute atomic E-state index is 13.2. The fourth-order valence-corrected chi connectivity index (χ4v) is 3.75. The number of aryl methyl sites for hydroxylation is 2. The van der Waals surface area contributed by atoms with Crippen molar-refractivity contribution in [3.63, 3.8) is 0 Å². The van der Waals surface area contributed by atoms with Crippen LogP contribution >= 0.6 is 0 Å². The normalized spacial score (nSPS) is 12.8. The Hall–Kier alpha value is -0.940. The van der Waals surface area contributed by atoms with Crippen LogP contribution in [0.2, 0.25) is 0 Å². The molecule has 0 aliphatic heterocycles. The van der Waals surface area contributed by atoms with Gasteiger partial charge >= 0.3 is 0 Å². The second kappa shape index (κ2) is 4.97. The van der Waals surface area contributed by atoms with E-state index in [-0.39, 0.29) is 4.90 Å². The van der Waals surface area contributed by atoms with Gasteiger partial charge in [0.25, 0.3) is 0 Å². The minimum absolute atomic E-state index is 0.172. The summed E-state index contributed by atoms with van der Waals surface area (Å²) in [5.41, 5.74) is 0.324. The van der Waals surface area contributed by atoms with E-state index < -0.39 is 21.4 Å². The van der Waals surface area contributed by atoms with E-state index in [1.54, 1.807) is 13.8 Å². The van der Waals surface area contributed by atoms with Crippen LogP contribution < -0.4 is 4.72 Å². The lowest BCUT2D eigenvalue weighted by Crippen LogP contribution is -2.43. The first-order chi connectivity index (χ1) is 8.09. The highest BCUT2D eigenvalue weighted by atomic mass is 32.2. The van der Waals surface area contributed by atoms with E-state index in [9.17, 15) is 12.8 Å². The third kappa shape index (κ3) is 3.29. The molecular weight excluding hydrogens is 253 g/mol. The van der Waals surface area contributed by atoms with Crippen molar-refractivity contribution in [2.45, 2.75) is 51.5 Å². The fourth-order valence-electron chi connectivity index (χ4n) is 1.81. The van der Waals surface area contributed by atoms with Crippen LogP contribution in [0.3, 0.4) is 0 Å². The molecule has 0 bridgehead atoms. The summed E-state index contributed by atoms with van der Waals surface area (Å²) in [6, 6.07) is 2.47. The van der Waals surface area contributed by atoms with Crippen molar-refractivity contribution in [2.24, 2.45) is 0 Å². The summed E-state index contributed by atoms with van der Waals surface area (Å²) < 4.78 is 40.5. The zero-order valence-electron chi connectivity index (χ0n) is 11.5. The lowest BCUT2D eigenvalue weighted by atomic mass is 10.0. The van der Waals surface area contributed by atoms with Gasteiger partial charge in [0.05, 0.1) is 4.90 Å². The van der Waals surface area contributed by atoms with E-state index in [1.165, 1.54) is 12.1 Å². The van der Waals surface area contributed by atoms with Gasteiger partial charge in [-0.25, -0.2) is 17.5 Å². The Kier molecular flexibility index (Phi) is 4.18. The number of halogens is 1. The molecule has 1 aromatic rings. The molecule has 18 heavy (non-hydrogen) atoms. The predicted molar refractivity (Wildman–Crippen MR) is 70.6 cm³/mol. The molecule has 0 unspecified atom stereocenters. The Labute approximate surface area is 108 Å². The van der Waals surface area contributed by atoms with Crippen LogP contribution in [-0.2, 0) is 10.0 Å². The van der Waals surface area contributed by atoms with E-state index in [1.807, 2.05) is 20.8 Å². The molecule has 0 saturated heterocycles. The van der Waals surface area contributed by atoms with E-state index in [0.29, 0.717) is 17.5 Å². The predicted octanol–water partition coefficient (Wildman–Crippen LogP) is 2.91. The molecule has 0 spiro atoms. The summed E-state index contributed by atoms with van der Waals surface area (Å²) in [5.74, 6) is -0.418. The van der Waals surface area contributed by atoms with Crippen molar-refractivity contribution >= 4 is 10.0 Å². The number of hydrogen-bond acceptors (Lipinski definition) is 2. The Bertz CT molecular complexity index is 527. The lowest BCUT2D eigenvalue weighted by molar-refractivity contribution is 0.439. The Morgan fingerprint density at radius 3 is 2.06 bits per heavy atom. The number of nitrogens with one attached hydrogen (secondary N) is 1. The monoisotopic (exact) mass is 273 g/mol. The van der Waals surface area contributed by atoms with Gasteiger partial charge in [0.2, 0.25) is 10.0 Å². The molecule has 0 radical (unpaired) electrons. The third-order valence-electron chi connectivity index (χ3n) is 2.99. The quantitative estimate of drug-likeness (QED) is 0.917. The van der Waals surface area contributed by atoms with Crippen LogP contribution in [0, 0.1) is 19.7 Å². The molecule has 0 aliphatic rings. The van der Waals surface area contributed by atoms with Gasteiger partial charge in [-0.2, -0.15) is 0 Å². The minimum atomic E-state index is -3.62. The summed E-state index contributed by atoms with van der Waals surface area (Å²) in [5, 5.41) is 0. The second-order valence-electron chi connectivity index (χ2n) is 5.21. The van der Waals surface area contributed by atoms with E-state index in [0.717, 1.165) is 0 Å². The molecule has 0 amide bonds. The molecule has 1 aromatic carbocycles. The first-order valence-electron chi connectivity index (χ1n) is 5.90. The molecule has 0 saturated carbocycles. The van der Waals surface area contributed by atoms with Crippen LogP contribution in [0.5, 0.6) is 0 Å². The first kappa shape index (κ1) is 15.1. The van der Waals surface area contributed by atoms with E-state index >= 15 is 0 Å². The fraction of sp³-hybridized carbons (Fsp3) is 0.538. The summed E-state index contributed by atoms with van der Waals surface area (Å²) in [6.45, 7) is 8.75. The van der Waals surface area contributed by atoms with Crippen molar-refractivity contribution in [3.05, 3.63) is 29.1 Å². The maximum Gasteiger partial charge on any atom is 0.241 e. The summed E-state index contributed by atoms with van der Waals surface area (Å²) in [6.07, 6.45) is 0.672. The molecule has 102 valence electrons. The van der Waals surface area contributed by atoms with Gasteiger partial charge in [-0.3, -0.25) is 0 Å². The van der Waals surface area contributed by atoms with Crippen LogP contribution in [0.4, 0.5) is 4.39 Å². The molecule has 0 aromatic heterocycles. The highest BCUT2D eigenvalue weighted by Crippen LogP contribution is 2.23. The van der Waals surface area contributed by atoms with Crippen molar-refractivity contribution in [1.29, 1.82) is 0 Å². The molecule has 1 N–H and O–H groups in total. The van der Waals surface area contributed by atoms with Crippen molar-refractivity contribution in [2.75, 3.05) is 0 Å². The van der Waals surface area contributed by atoms with Gasteiger partial charge < -0.3 is 0 Å². The molecular formula is C13H20FNO2S. The summed E-state index contributed by atoms with van der Waals surface area (Å²) in [4.78, 5) is 0.172. The van der Waals surface area contributed by atoms with E-state index in [2.05, 4.69) is 4.72 Å². The number of sulfonamides is 1. The molecule has 0 heterocycles. The van der Waals surface area contributed by atoms with Gasteiger partial charge in [0.15, 0.2) is 0 Å². The maximum atomic E-state index is 13.2. The molecule has 0 fully saturated rings. The van der Waals surface area contributed by atoms with Crippen LogP contribution in [0.1, 0.15) is 38.3 Å². The number of benzene rings is 1. The zero-order valence-corrected chi connectivity index (χ0v) is 12.3. The molecule has 0 aliphatic carbocycles. The van der Waals surface area contributed by atoms with Gasteiger partial charge in [0, 0.05) is 5.54 Å². The van der Waals surface area contributed by atoms with Crippen LogP contribution in [0.25, 0.3) is 0 Å². The average molecular weight is 273 g/mol. The SMILES string of the molecule is CCC(C)(C)NS(=O)(=O)c1c(C)cc(F)cc1C. The molecule has 3 nitrogen and oxygen atoms in total. The Morgan fingerprint density at radius 2 is 1.67 bits per heavy atom. The van der Waals surface area contributed by atoms with Crippen molar-refractivity contribution in [3.8, 4) is 0 Å². The second-order valence-corrected chi connectivity index (χ2v) is 6.83. The smallest absolute Gasteiger partial charge is 0.207 e. The van der Waals surface area contributed by atoms with Crippen LogP contribution in [-0.4, -0.2) is 14.0 Å². The molecule has 5 heteroatoms. The highest BCUT2D eigenvalue weighted by Gasteiger charge is 2.27. The van der Waals surface area contributed by atoms with Gasteiger partial charge in [0.1, 0.15) is 5.82 Å². The zero-order chi connectivity index (χ0) is 14.1. The molecule has 0 atom stereocenters. The van der Waals surface area contributed by atoms with Crippen molar-refractivity contribution < 1.29 is 12.8 Å². The van der Waals surface area contributed by atoms with Gasteiger partial charge in [-0.15, -0.1) is 0 Å². The summed E-state index contributed by atoms with van der Waals surface area (Å²) >= 11 is 0. The Balaban J connectivity index is 3.30. The van der Waals surface area contributed by atoms with Crippen molar-refractivity contribution in [1.82, 2.24) is 4.72 Å².